The molecule has 0 bridgehead atoms. The second-order valence-electron chi connectivity index (χ2n) is 14.6. The number of hydrogen-bond donors (Lipinski definition) is 0. The molecule has 12 rings (SSSR count). The van der Waals surface area contributed by atoms with E-state index < -0.39 is 8.07 Å². The van der Waals surface area contributed by atoms with E-state index in [-0.39, 0.29) is 0 Å². The molecule has 272 valence electrons. The molecule has 0 saturated heterocycles. The molecule has 6 aromatic heterocycles. The van der Waals surface area contributed by atoms with Gasteiger partial charge < -0.3 is 4.42 Å². The van der Waals surface area contributed by atoms with Crippen molar-refractivity contribution in [3.63, 3.8) is 0 Å². The SMILES string of the molecule is c1ccc([Si](c2ccccc2)(c2ccnc(-n3c4ccccc4c4cc(-n5c6ccccc6c6cccnc65)cnc43)n2)c2cccc3c2oc2ccccc23)cc1. The molecule has 0 aliphatic rings. The molecule has 0 saturated carbocycles. The number of pyridine rings is 2. The second-order valence-corrected chi connectivity index (χ2v) is 18.4. The summed E-state index contributed by atoms with van der Waals surface area (Å²) in [6.07, 6.45) is 5.70. The maximum absolute atomic E-state index is 6.84. The molecule has 0 aliphatic carbocycles. The highest BCUT2D eigenvalue weighted by Gasteiger charge is 2.45. The monoisotopic (exact) mass is 760 g/mol. The van der Waals surface area contributed by atoms with Crippen molar-refractivity contribution in [2.45, 2.75) is 0 Å². The van der Waals surface area contributed by atoms with E-state index >= 15 is 0 Å². The van der Waals surface area contributed by atoms with Gasteiger partial charge in [-0.3, -0.25) is 9.13 Å². The summed E-state index contributed by atoms with van der Waals surface area (Å²) in [7, 11) is -3.19. The van der Waals surface area contributed by atoms with E-state index in [4.69, 9.17) is 24.4 Å². The van der Waals surface area contributed by atoms with E-state index in [2.05, 4.69) is 173 Å². The Morgan fingerprint density at radius 1 is 0.448 bits per heavy atom. The first-order valence-corrected chi connectivity index (χ1v) is 21.4. The number of para-hydroxylation sites is 4. The van der Waals surface area contributed by atoms with Crippen LogP contribution in [0.1, 0.15) is 0 Å². The first kappa shape index (κ1) is 32.5. The predicted molar refractivity (Wildman–Crippen MR) is 237 cm³/mol. The average molecular weight is 761 g/mol. The van der Waals surface area contributed by atoms with Crippen LogP contribution in [-0.4, -0.2) is 37.1 Å². The van der Waals surface area contributed by atoms with Crippen LogP contribution in [0.15, 0.2) is 199 Å². The Morgan fingerprint density at radius 3 is 1.84 bits per heavy atom. The summed E-state index contributed by atoms with van der Waals surface area (Å²) >= 11 is 0. The van der Waals surface area contributed by atoms with Crippen molar-refractivity contribution in [2.75, 3.05) is 0 Å². The van der Waals surface area contributed by atoms with Crippen LogP contribution in [0, 0.1) is 0 Å². The molecule has 0 atom stereocenters. The quantitative estimate of drug-likeness (QED) is 0.125. The highest BCUT2D eigenvalue weighted by Crippen LogP contribution is 2.35. The van der Waals surface area contributed by atoms with Gasteiger partial charge in [-0.15, -0.1) is 0 Å². The fourth-order valence-corrected chi connectivity index (χ4v) is 13.9. The van der Waals surface area contributed by atoms with Crippen molar-refractivity contribution in [3.8, 4) is 11.6 Å². The van der Waals surface area contributed by atoms with Crippen LogP contribution in [-0.2, 0) is 0 Å². The topological polar surface area (TPSA) is 74.6 Å². The fraction of sp³-hybridized carbons (Fsp3) is 0. The van der Waals surface area contributed by atoms with E-state index in [1.54, 1.807) is 0 Å². The number of benzene rings is 6. The summed E-state index contributed by atoms with van der Waals surface area (Å²) in [5.74, 6) is 0.558. The largest absolute Gasteiger partial charge is 0.456 e. The van der Waals surface area contributed by atoms with E-state index in [1.807, 2.05) is 30.7 Å². The zero-order chi connectivity index (χ0) is 38.2. The van der Waals surface area contributed by atoms with Crippen molar-refractivity contribution in [3.05, 3.63) is 195 Å². The number of aromatic nitrogens is 6. The van der Waals surface area contributed by atoms with Crippen molar-refractivity contribution in [2.24, 2.45) is 0 Å². The summed E-state index contributed by atoms with van der Waals surface area (Å²) in [6, 6.07) is 61.8. The van der Waals surface area contributed by atoms with Gasteiger partial charge in [-0.2, -0.15) is 0 Å². The standard InChI is InChI=1S/C50H32N6OSi/c1-3-15-34(16-4-1)58(35-17-5-2-6-18-35,45-27-13-22-39-38-21-9-12-26-44(38)57-47(39)45)46-28-30-52-50(54-46)56-43-25-11-8-20-37(43)41-31-33(32-53-49(41)56)55-42-24-10-7-19-36(42)40-23-14-29-51-48(40)55/h1-32H. The highest BCUT2D eigenvalue weighted by atomic mass is 28.3. The molecule has 0 aliphatic heterocycles. The molecule has 0 amide bonds. The Hall–Kier alpha value is -7.68. The predicted octanol–water partition coefficient (Wildman–Crippen LogP) is 8.74. The van der Waals surface area contributed by atoms with Gasteiger partial charge in [0.15, 0.2) is 0 Å². The van der Waals surface area contributed by atoms with Gasteiger partial charge in [0.2, 0.25) is 14.0 Å². The number of fused-ring (bicyclic) bond motifs is 9. The van der Waals surface area contributed by atoms with Crippen molar-refractivity contribution >= 4 is 94.8 Å². The van der Waals surface area contributed by atoms with E-state index in [0.29, 0.717) is 5.95 Å². The summed E-state index contributed by atoms with van der Waals surface area (Å²) in [6.45, 7) is 0. The second kappa shape index (κ2) is 12.7. The lowest BCUT2D eigenvalue weighted by Gasteiger charge is -2.33. The van der Waals surface area contributed by atoms with Crippen LogP contribution < -0.4 is 20.9 Å². The van der Waals surface area contributed by atoms with Gasteiger partial charge in [0.1, 0.15) is 22.5 Å². The smallest absolute Gasteiger partial charge is 0.235 e. The molecule has 0 spiro atoms. The Bertz CT molecular complexity index is 3440. The molecule has 8 heteroatoms. The molecule has 0 fully saturated rings. The number of rotatable bonds is 6. The van der Waals surface area contributed by atoms with Crippen LogP contribution in [0.5, 0.6) is 0 Å². The number of furan rings is 1. The van der Waals surface area contributed by atoms with E-state index in [0.717, 1.165) is 82.0 Å². The highest BCUT2D eigenvalue weighted by molar-refractivity contribution is 7.20. The fourth-order valence-electron chi connectivity index (χ4n) is 9.21. The Balaban J connectivity index is 1.13. The normalized spacial score (nSPS) is 12.1. The van der Waals surface area contributed by atoms with Crippen molar-refractivity contribution in [1.82, 2.24) is 29.1 Å². The summed E-state index contributed by atoms with van der Waals surface area (Å²) in [5.41, 5.74) is 6.42. The molecule has 12 aromatic rings. The van der Waals surface area contributed by atoms with Gasteiger partial charge in [-0.25, -0.2) is 19.9 Å². The van der Waals surface area contributed by atoms with Crippen LogP contribution in [0.2, 0.25) is 0 Å². The summed E-state index contributed by atoms with van der Waals surface area (Å²) < 4.78 is 11.2. The lowest BCUT2D eigenvalue weighted by molar-refractivity contribution is 0.671. The molecule has 58 heavy (non-hydrogen) atoms. The third-order valence-electron chi connectivity index (χ3n) is 11.6. The Morgan fingerprint density at radius 2 is 1.07 bits per heavy atom. The molecule has 0 N–H and O–H groups in total. The molecule has 7 nitrogen and oxygen atoms in total. The molecule has 0 radical (unpaired) electrons. The first-order chi connectivity index (χ1) is 28.8. The van der Waals surface area contributed by atoms with E-state index in [1.165, 1.54) is 10.4 Å². The van der Waals surface area contributed by atoms with Gasteiger partial charge in [0, 0.05) is 50.0 Å². The van der Waals surface area contributed by atoms with E-state index in [9.17, 15) is 0 Å². The molecular formula is C50H32N6OSi. The zero-order valence-electron chi connectivity index (χ0n) is 31.1. The molecule has 6 heterocycles. The van der Waals surface area contributed by atoms with Crippen LogP contribution in [0.4, 0.5) is 0 Å². The molecule has 6 aromatic carbocycles. The minimum absolute atomic E-state index is 0.558. The first-order valence-electron chi connectivity index (χ1n) is 19.4. The minimum Gasteiger partial charge on any atom is -0.456 e. The number of hydrogen-bond acceptors (Lipinski definition) is 5. The van der Waals surface area contributed by atoms with Crippen LogP contribution in [0.3, 0.4) is 0 Å². The molecule has 0 unspecified atom stereocenters. The van der Waals surface area contributed by atoms with Gasteiger partial charge in [0.05, 0.1) is 22.9 Å². The van der Waals surface area contributed by atoms with Gasteiger partial charge >= 0.3 is 0 Å². The van der Waals surface area contributed by atoms with Gasteiger partial charge in [-0.1, -0.05) is 133 Å². The van der Waals surface area contributed by atoms with Gasteiger partial charge in [-0.05, 0) is 58.0 Å². The Labute approximate surface area is 333 Å². The zero-order valence-corrected chi connectivity index (χ0v) is 32.1. The maximum Gasteiger partial charge on any atom is 0.235 e. The minimum atomic E-state index is -3.19. The lowest BCUT2D eigenvalue weighted by atomic mass is 10.1. The van der Waals surface area contributed by atoms with Crippen molar-refractivity contribution < 1.29 is 4.42 Å². The lowest BCUT2D eigenvalue weighted by Crippen LogP contribution is -2.75. The molecular weight excluding hydrogens is 729 g/mol. The van der Waals surface area contributed by atoms with Gasteiger partial charge in [0.25, 0.3) is 0 Å². The summed E-state index contributed by atoms with van der Waals surface area (Å²) in [5, 5.41) is 11.0. The summed E-state index contributed by atoms with van der Waals surface area (Å²) in [4.78, 5) is 20.7. The third-order valence-corrected chi connectivity index (χ3v) is 16.3. The maximum atomic E-state index is 6.84. The third kappa shape index (κ3) is 4.60. The van der Waals surface area contributed by atoms with Crippen LogP contribution in [0.25, 0.3) is 77.4 Å². The Kier molecular flexibility index (Phi) is 7.11. The number of nitrogens with zero attached hydrogens (tertiary/aromatic N) is 6. The van der Waals surface area contributed by atoms with Crippen LogP contribution >= 0.6 is 0 Å². The average Bonchev–Trinajstić information content (AvgIpc) is 3.96. The van der Waals surface area contributed by atoms with Crippen molar-refractivity contribution in [1.29, 1.82) is 0 Å².